The summed E-state index contributed by atoms with van der Waals surface area (Å²) in [6, 6.07) is 11.4. The zero-order chi connectivity index (χ0) is 16.7. The van der Waals surface area contributed by atoms with Crippen LogP contribution in [0.25, 0.3) is 0 Å². The van der Waals surface area contributed by atoms with E-state index in [1.54, 1.807) is 24.3 Å². The zero-order valence-electron chi connectivity index (χ0n) is 12.8. The molecule has 0 radical (unpaired) electrons. The summed E-state index contributed by atoms with van der Waals surface area (Å²) in [6.45, 7) is 1.78. The third-order valence-electron chi connectivity index (χ3n) is 4.64. The minimum Gasteiger partial charge on any atom is -0.434 e. The van der Waals surface area contributed by atoms with Gasteiger partial charge in [-0.2, -0.15) is 0 Å². The van der Waals surface area contributed by atoms with E-state index in [0.29, 0.717) is 30.8 Å². The van der Waals surface area contributed by atoms with Gasteiger partial charge in [-0.1, -0.05) is 24.3 Å². The highest BCUT2D eigenvalue weighted by molar-refractivity contribution is 5.80. The van der Waals surface area contributed by atoms with E-state index in [2.05, 4.69) is 5.32 Å². The Bertz CT molecular complexity index is 716. The number of carbonyl (C=O) groups excluding carboxylic acids is 1. The predicted octanol–water partition coefficient (Wildman–Crippen LogP) is 2.00. The molecular formula is C18H16F2N2O2. The van der Waals surface area contributed by atoms with Crippen LogP contribution >= 0.6 is 0 Å². The van der Waals surface area contributed by atoms with Crippen molar-refractivity contribution < 1.29 is 18.3 Å². The van der Waals surface area contributed by atoms with Gasteiger partial charge in [0, 0.05) is 30.8 Å². The minimum atomic E-state index is -1.16. The third kappa shape index (κ3) is 2.22. The van der Waals surface area contributed by atoms with E-state index < -0.39 is 11.8 Å². The highest BCUT2D eigenvalue weighted by Crippen LogP contribution is 2.44. The summed E-state index contributed by atoms with van der Waals surface area (Å²) in [5, 5.41) is 3.18. The lowest BCUT2D eigenvalue weighted by atomic mass is 9.91. The van der Waals surface area contributed by atoms with E-state index in [4.69, 9.17) is 4.74 Å². The number of nitrogens with zero attached hydrogens (tertiary/aromatic N) is 1. The van der Waals surface area contributed by atoms with E-state index in [1.165, 1.54) is 24.3 Å². The molecule has 2 heterocycles. The first-order valence-electron chi connectivity index (χ1n) is 7.84. The molecule has 1 unspecified atom stereocenters. The van der Waals surface area contributed by atoms with E-state index >= 15 is 0 Å². The molecule has 1 N–H and O–H groups in total. The summed E-state index contributed by atoms with van der Waals surface area (Å²) >= 11 is 0. The number of ether oxygens (including phenoxy) is 1. The molecule has 0 aromatic heterocycles. The van der Waals surface area contributed by atoms with Gasteiger partial charge in [0.25, 0.3) is 0 Å². The molecule has 4 nitrogen and oxygen atoms in total. The molecule has 1 atom stereocenters. The Morgan fingerprint density at radius 3 is 2.08 bits per heavy atom. The van der Waals surface area contributed by atoms with Crippen molar-refractivity contribution in [2.45, 2.75) is 11.8 Å². The molecule has 0 saturated carbocycles. The lowest BCUT2D eigenvalue weighted by Gasteiger charge is -2.40. The summed E-state index contributed by atoms with van der Waals surface area (Å²) in [7, 11) is 0. The van der Waals surface area contributed by atoms with Gasteiger partial charge in [-0.25, -0.2) is 13.7 Å². The van der Waals surface area contributed by atoms with Gasteiger partial charge in [0.2, 0.25) is 5.72 Å². The maximum atomic E-state index is 13.4. The zero-order valence-corrected chi connectivity index (χ0v) is 12.8. The molecule has 0 amide bonds. The molecule has 2 aliphatic rings. The number of halogens is 2. The summed E-state index contributed by atoms with van der Waals surface area (Å²) < 4.78 is 32.6. The standard InChI is InChI=1S/C18H16F2N2O2/c19-14-5-1-12(2-6-14)18(13-3-7-15(20)8-4-13)22-10-9-21-11-16(22)17(23)24-18/h1-8,16,21H,9-11H2. The van der Waals surface area contributed by atoms with E-state index in [9.17, 15) is 13.6 Å². The Morgan fingerprint density at radius 2 is 1.54 bits per heavy atom. The van der Waals surface area contributed by atoms with Gasteiger partial charge in [0.05, 0.1) is 0 Å². The van der Waals surface area contributed by atoms with Crippen molar-refractivity contribution in [3.63, 3.8) is 0 Å². The highest BCUT2D eigenvalue weighted by atomic mass is 19.1. The molecule has 124 valence electrons. The van der Waals surface area contributed by atoms with Crippen LogP contribution < -0.4 is 5.32 Å². The number of esters is 1. The average Bonchev–Trinajstić information content (AvgIpc) is 2.91. The Hall–Kier alpha value is -2.31. The summed E-state index contributed by atoms with van der Waals surface area (Å²) in [4.78, 5) is 14.4. The molecule has 0 bridgehead atoms. The van der Waals surface area contributed by atoms with Gasteiger partial charge >= 0.3 is 5.97 Å². The van der Waals surface area contributed by atoms with Crippen LogP contribution in [-0.4, -0.2) is 36.5 Å². The number of rotatable bonds is 2. The molecule has 6 heteroatoms. The first kappa shape index (κ1) is 15.2. The number of hydrogen-bond acceptors (Lipinski definition) is 4. The number of cyclic esters (lactones) is 1. The Balaban J connectivity index is 1.91. The molecule has 0 spiro atoms. The van der Waals surface area contributed by atoms with Crippen LogP contribution in [0.15, 0.2) is 48.5 Å². The van der Waals surface area contributed by atoms with Gasteiger partial charge in [-0.15, -0.1) is 0 Å². The monoisotopic (exact) mass is 330 g/mol. The number of fused-ring (bicyclic) bond motifs is 1. The fourth-order valence-electron chi connectivity index (χ4n) is 3.53. The lowest BCUT2D eigenvalue weighted by Crippen LogP contribution is -2.56. The van der Waals surface area contributed by atoms with Crippen LogP contribution in [0.2, 0.25) is 0 Å². The van der Waals surface area contributed by atoms with E-state index in [0.717, 1.165) is 0 Å². The van der Waals surface area contributed by atoms with Crippen molar-refractivity contribution in [1.29, 1.82) is 0 Å². The van der Waals surface area contributed by atoms with Crippen molar-refractivity contribution in [2.75, 3.05) is 19.6 Å². The number of hydrogen-bond donors (Lipinski definition) is 1. The molecule has 2 fully saturated rings. The van der Waals surface area contributed by atoms with E-state index in [1.807, 2.05) is 4.90 Å². The van der Waals surface area contributed by atoms with Crippen molar-refractivity contribution in [1.82, 2.24) is 10.2 Å². The lowest BCUT2D eigenvalue weighted by molar-refractivity contribution is -0.149. The number of nitrogens with one attached hydrogen (secondary N) is 1. The van der Waals surface area contributed by atoms with Crippen LogP contribution in [-0.2, 0) is 15.3 Å². The SMILES string of the molecule is O=C1OC(c2ccc(F)cc2)(c2ccc(F)cc2)N2CCNCC12. The average molecular weight is 330 g/mol. The van der Waals surface area contributed by atoms with E-state index in [-0.39, 0.29) is 17.6 Å². The summed E-state index contributed by atoms with van der Waals surface area (Å²) in [6.07, 6.45) is 0. The third-order valence-corrected chi connectivity index (χ3v) is 4.64. The van der Waals surface area contributed by atoms with Gasteiger partial charge in [-0.3, -0.25) is 4.79 Å². The van der Waals surface area contributed by atoms with Crippen molar-refractivity contribution in [3.8, 4) is 0 Å². The summed E-state index contributed by atoms with van der Waals surface area (Å²) in [5.41, 5.74) is 0.132. The van der Waals surface area contributed by atoms with Crippen LogP contribution in [0.4, 0.5) is 8.78 Å². The Kier molecular flexibility index (Phi) is 3.58. The second-order valence-corrected chi connectivity index (χ2v) is 5.99. The smallest absolute Gasteiger partial charge is 0.327 e. The van der Waals surface area contributed by atoms with Gasteiger partial charge in [-0.05, 0) is 24.3 Å². The van der Waals surface area contributed by atoms with Crippen LogP contribution in [0.5, 0.6) is 0 Å². The highest BCUT2D eigenvalue weighted by Gasteiger charge is 2.56. The maximum Gasteiger partial charge on any atom is 0.327 e. The Labute approximate surface area is 138 Å². The maximum absolute atomic E-state index is 13.4. The topological polar surface area (TPSA) is 41.6 Å². The van der Waals surface area contributed by atoms with Crippen molar-refractivity contribution >= 4 is 5.97 Å². The van der Waals surface area contributed by atoms with Gasteiger partial charge in [0.1, 0.15) is 17.7 Å². The van der Waals surface area contributed by atoms with Crippen LogP contribution in [0.1, 0.15) is 11.1 Å². The van der Waals surface area contributed by atoms with Crippen molar-refractivity contribution in [2.24, 2.45) is 0 Å². The molecule has 2 saturated heterocycles. The first-order valence-corrected chi connectivity index (χ1v) is 7.84. The number of benzene rings is 2. The molecular weight excluding hydrogens is 314 g/mol. The molecule has 2 aliphatic heterocycles. The fourth-order valence-corrected chi connectivity index (χ4v) is 3.53. The normalized spacial score (nSPS) is 22.9. The fraction of sp³-hybridized carbons (Fsp3) is 0.278. The molecule has 4 rings (SSSR count). The predicted molar refractivity (Wildman–Crippen MR) is 83.0 cm³/mol. The van der Waals surface area contributed by atoms with Crippen molar-refractivity contribution in [3.05, 3.63) is 71.3 Å². The second-order valence-electron chi connectivity index (χ2n) is 5.99. The Morgan fingerprint density at radius 1 is 1.00 bits per heavy atom. The van der Waals surface area contributed by atoms with Gasteiger partial charge < -0.3 is 10.1 Å². The molecule has 24 heavy (non-hydrogen) atoms. The number of carbonyl (C=O) groups is 1. The number of piperazine rings is 1. The molecule has 0 aliphatic carbocycles. The molecule has 2 aromatic rings. The van der Waals surface area contributed by atoms with Crippen LogP contribution in [0, 0.1) is 11.6 Å². The van der Waals surface area contributed by atoms with Gasteiger partial charge in [0.15, 0.2) is 0 Å². The first-order chi connectivity index (χ1) is 11.6. The quantitative estimate of drug-likeness (QED) is 0.855. The van der Waals surface area contributed by atoms with Crippen LogP contribution in [0.3, 0.4) is 0 Å². The largest absolute Gasteiger partial charge is 0.434 e. The molecule has 2 aromatic carbocycles. The summed E-state index contributed by atoms with van der Waals surface area (Å²) in [5.74, 6) is -1.07. The second kappa shape index (κ2) is 5.65. The minimum absolute atomic E-state index is 0.337.